The number of rotatable bonds is 14. The third-order valence-corrected chi connectivity index (χ3v) is 5.49. The molecule has 2 unspecified atom stereocenters. The molecule has 0 saturated carbocycles. The quantitative estimate of drug-likeness (QED) is 0.167. The molecule has 0 saturated heterocycles. The minimum Gasteiger partial charge on any atom is -0.534 e. The van der Waals surface area contributed by atoms with Crippen LogP contribution < -0.4 is 26.3 Å². The maximum atomic E-state index is 12.5. The molecule has 0 spiro atoms. The first-order valence-electron chi connectivity index (χ1n) is 11.0. The van der Waals surface area contributed by atoms with Gasteiger partial charge in [-0.3, -0.25) is 9.59 Å². The monoisotopic (exact) mass is 448 g/mol. The molecule has 0 radical (unpaired) electrons. The predicted molar refractivity (Wildman–Crippen MR) is 120 cm³/mol. The molecule has 2 amide bonds. The van der Waals surface area contributed by atoms with Crippen LogP contribution in [-0.4, -0.2) is 67.2 Å². The highest BCUT2D eigenvalue weighted by Gasteiger charge is 2.37. The number of fused-ring (bicyclic) bond motifs is 1. The zero-order valence-corrected chi connectivity index (χ0v) is 18.4. The molecule has 0 aliphatic carbocycles. The molecule has 7 N–H and O–H groups in total. The molecule has 1 aliphatic heterocycles. The molecule has 176 valence electrons. The number of benzene rings is 1. The van der Waals surface area contributed by atoms with E-state index in [-0.39, 0.29) is 35.6 Å². The molecule has 2 atom stereocenters. The van der Waals surface area contributed by atoms with E-state index in [1.807, 2.05) is 6.92 Å². The molecule has 10 nitrogen and oxygen atoms in total. The summed E-state index contributed by atoms with van der Waals surface area (Å²) in [5.74, 6) is -1.93. The van der Waals surface area contributed by atoms with E-state index in [1.54, 1.807) is 12.1 Å². The fraction of sp³-hybridized carbons (Fsp3) is 0.571. The van der Waals surface area contributed by atoms with Gasteiger partial charge in [0.05, 0.1) is 18.0 Å². The van der Waals surface area contributed by atoms with Gasteiger partial charge in [0.2, 0.25) is 11.8 Å². The number of amides is 2. The summed E-state index contributed by atoms with van der Waals surface area (Å²) in [5, 5.41) is 28.6. The third kappa shape index (κ3) is 8.14. The summed E-state index contributed by atoms with van der Waals surface area (Å²) in [6.45, 7) is 4.41. The first-order valence-corrected chi connectivity index (χ1v) is 11.0. The SMILES string of the molecule is CCC(CCCNCCNCC(N)=O)CC(=O)NC1Cc2cccc(C(=O)O)c2OB1O. The van der Waals surface area contributed by atoms with Crippen molar-refractivity contribution in [3.8, 4) is 5.75 Å². The summed E-state index contributed by atoms with van der Waals surface area (Å²) < 4.78 is 5.42. The van der Waals surface area contributed by atoms with E-state index in [0.717, 1.165) is 32.4 Å². The average molecular weight is 448 g/mol. The topological polar surface area (TPSA) is 163 Å². The summed E-state index contributed by atoms with van der Waals surface area (Å²) in [6, 6.07) is 4.78. The van der Waals surface area contributed by atoms with E-state index in [1.165, 1.54) is 6.07 Å². The first kappa shape index (κ1) is 25.6. The second kappa shape index (κ2) is 13.0. The van der Waals surface area contributed by atoms with Crippen LogP contribution in [0.5, 0.6) is 5.75 Å². The molecule has 0 aromatic heterocycles. The van der Waals surface area contributed by atoms with Crippen LogP contribution in [0.25, 0.3) is 0 Å². The lowest BCUT2D eigenvalue weighted by atomic mass is 9.72. The Balaban J connectivity index is 1.73. The molecule has 11 heteroatoms. The third-order valence-electron chi connectivity index (χ3n) is 5.49. The van der Waals surface area contributed by atoms with Crippen LogP contribution in [0.2, 0.25) is 0 Å². The number of para-hydroxylation sites is 1. The average Bonchev–Trinajstić information content (AvgIpc) is 2.74. The Morgan fingerprint density at radius 3 is 2.69 bits per heavy atom. The van der Waals surface area contributed by atoms with Gasteiger partial charge in [0.25, 0.3) is 0 Å². The van der Waals surface area contributed by atoms with Crippen molar-refractivity contribution in [2.75, 3.05) is 26.2 Å². The van der Waals surface area contributed by atoms with Crippen LogP contribution in [0.15, 0.2) is 18.2 Å². The Morgan fingerprint density at radius 2 is 2.00 bits per heavy atom. The van der Waals surface area contributed by atoms with E-state index < -0.39 is 19.0 Å². The molecular formula is C21H33BN4O6. The fourth-order valence-corrected chi connectivity index (χ4v) is 3.72. The van der Waals surface area contributed by atoms with Crippen LogP contribution in [0, 0.1) is 5.92 Å². The second-order valence-electron chi connectivity index (χ2n) is 8.00. The van der Waals surface area contributed by atoms with Gasteiger partial charge in [-0.1, -0.05) is 25.5 Å². The Hall–Kier alpha value is -2.63. The van der Waals surface area contributed by atoms with Gasteiger partial charge in [-0.2, -0.15) is 0 Å². The van der Waals surface area contributed by atoms with Crippen molar-refractivity contribution in [1.82, 2.24) is 16.0 Å². The van der Waals surface area contributed by atoms with Gasteiger partial charge in [-0.25, -0.2) is 4.79 Å². The van der Waals surface area contributed by atoms with E-state index in [2.05, 4.69) is 16.0 Å². The lowest BCUT2D eigenvalue weighted by molar-refractivity contribution is -0.122. The number of nitrogens with one attached hydrogen (secondary N) is 3. The Labute approximate surface area is 188 Å². The molecule has 1 aromatic rings. The summed E-state index contributed by atoms with van der Waals surface area (Å²) in [6.07, 6.45) is 3.32. The number of carbonyl (C=O) groups excluding carboxylic acids is 2. The zero-order chi connectivity index (χ0) is 23.5. The van der Waals surface area contributed by atoms with Gasteiger partial charge in [-0.15, -0.1) is 0 Å². The van der Waals surface area contributed by atoms with Crippen molar-refractivity contribution >= 4 is 24.9 Å². The number of aromatic carboxylic acids is 1. The molecule has 1 aromatic carbocycles. The van der Waals surface area contributed by atoms with Crippen molar-refractivity contribution in [3.63, 3.8) is 0 Å². The standard InChI is InChI=1S/C21H33BN4O6/c1-2-14(5-4-8-24-9-10-25-13-18(23)27)11-19(28)26-17-12-15-6-3-7-16(21(29)30)20(15)32-22(17)31/h3,6-7,14,17,24-25,31H,2,4-5,8-13H2,1H3,(H2,23,27)(H,26,28)(H,29,30). The predicted octanol–water partition coefficient (Wildman–Crippen LogP) is -0.315. The Kier molecular flexibility index (Phi) is 10.4. The van der Waals surface area contributed by atoms with Crippen LogP contribution in [0.1, 0.15) is 48.5 Å². The number of carboxylic acids is 1. The van der Waals surface area contributed by atoms with Crippen molar-refractivity contribution in [3.05, 3.63) is 29.3 Å². The van der Waals surface area contributed by atoms with Crippen LogP contribution in [-0.2, 0) is 16.0 Å². The van der Waals surface area contributed by atoms with Crippen molar-refractivity contribution in [2.45, 2.75) is 45.0 Å². The fourth-order valence-electron chi connectivity index (χ4n) is 3.72. The maximum Gasteiger partial charge on any atom is 0.547 e. The molecule has 1 aliphatic rings. The normalized spacial score (nSPS) is 16.1. The van der Waals surface area contributed by atoms with Gasteiger partial charge in [0.1, 0.15) is 5.75 Å². The van der Waals surface area contributed by atoms with Gasteiger partial charge >= 0.3 is 13.1 Å². The number of hydrogen-bond acceptors (Lipinski definition) is 7. The summed E-state index contributed by atoms with van der Waals surface area (Å²) >= 11 is 0. The van der Waals surface area contributed by atoms with Gasteiger partial charge in [-0.05, 0) is 43.4 Å². The Bertz CT molecular complexity index is 794. The molecular weight excluding hydrogens is 415 g/mol. The van der Waals surface area contributed by atoms with Gasteiger partial charge in [0.15, 0.2) is 0 Å². The number of carbonyl (C=O) groups is 3. The van der Waals surface area contributed by atoms with Crippen molar-refractivity contribution < 1.29 is 29.2 Å². The number of hydrogen-bond donors (Lipinski definition) is 6. The molecule has 1 heterocycles. The highest BCUT2D eigenvalue weighted by atomic mass is 16.5. The van der Waals surface area contributed by atoms with Crippen LogP contribution in [0.4, 0.5) is 0 Å². The lowest BCUT2D eigenvalue weighted by Crippen LogP contribution is -2.53. The number of nitrogens with two attached hydrogens (primary N) is 1. The van der Waals surface area contributed by atoms with Crippen molar-refractivity contribution in [2.24, 2.45) is 11.7 Å². The van der Waals surface area contributed by atoms with Crippen LogP contribution >= 0.6 is 0 Å². The zero-order valence-electron chi connectivity index (χ0n) is 18.4. The molecule has 0 fully saturated rings. The maximum absolute atomic E-state index is 12.5. The summed E-state index contributed by atoms with van der Waals surface area (Å²) in [7, 11) is -1.31. The molecule has 2 rings (SSSR count). The Morgan fingerprint density at radius 1 is 1.25 bits per heavy atom. The molecule has 0 bridgehead atoms. The van der Waals surface area contributed by atoms with E-state index in [9.17, 15) is 24.5 Å². The highest BCUT2D eigenvalue weighted by Crippen LogP contribution is 2.30. The van der Waals surface area contributed by atoms with Crippen molar-refractivity contribution in [1.29, 1.82) is 0 Å². The van der Waals surface area contributed by atoms with E-state index >= 15 is 0 Å². The highest BCUT2D eigenvalue weighted by molar-refractivity contribution is 6.47. The van der Waals surface area contributed by atoms with E-state index in [0.29, 0.717) is 24.9 Å². The minimum absolute atomic E-state index is 0.00497. The largest absolute Gasteiger partial charge is 0.547 e. The summed E-state index contributed by atoms with van der Waals surface area (Å²) in [5.41, 5.74) is 5.69. The summed E-state index contributed by atoms with van der Waals surface area (Å²) in [4.78, 5) is 34.5. The van der Waals surface area contributed by atoms with Gasteiger partial charge in [0, 0.05) is 19.5 Å². The number of primary amides is 1. The minimum atomic E-state index is -1.31. The molecule has 32 heavy (non-hydrogen) atoms. The second-order valence-corrected chi connectivity index (χ2v) is 8.00. The smallest absolute Gasteiger partial charge is 0.534 e. The van der Waals surface area contributed by atoms with Crippen LogP contribution in [0.3, 0.4) is 0 Å². The number of carboxylic acid groups (broad SMARTS) is 1. The van der Waals surface area contributed by atoms with E-state index in [4.69, 9.17) is 10.4 Å². The first-order chi connectivity index (χ1) is 15.3. The van der Waals surface area contributed by atoms with Gasteiger partial charge < -0.3 is 36.5 Å². The lowest BCUT2D eigenvalue weighted by Gasteiger charge is -2.29.